The molecule has 0 atom stereocenters. The van der Waals surface area contributed by atoms with Crippen molar-refractivity contribution >= 4 is 29.2 Å². The standard InChI is InChI=1S/C12H15ClN4S/c1-18-12-15-10(13)9(8-14)11(16-12)17-6-4-2-3-5-7-17/h2-7H2,1H3. The molecule has 1 aromatic rings. The molecule has 0 saturated carbocycles. The van der Waals surface area contributed by atoms with E-state index < -0.39 is 0 Å². The van der Waals surface area contributed by atoms with E-state index in [9.17, 15) is 5.26 Å². The minimum Gasteiger partial charge on any atom is -0.355 e. The fourth-order valence-corrected chi connectivity index (χ4v) is 2.72. The quantitative estimate of drug-likeness (QED) is 0.474. The zero-order valence-electron chi connectivity index (χ0n) is 10.3. The first kappa shape index (κ1) is 13.4. The van der Waals surface area contributed by atoms with Gasteiger partial charge in [0.2, 0.25) is 0 Å². The molecule has 0 spiro atoms. The molecule has 1 saturated heterocycles. The zero-order chi connectivity index (χ0) is 13.0. The summed E-state index contributed by atoms with van der Waals surface area (Å²) >= 11 is 7.50. The van der Waals surface area contributed by atoms with E-state index in [1.165, 1.54) is 24.6 Å². The lowest BCUT2D eigenvalue weighted by atomic mass is 10.2. The molecule has 0 bridgehead atoms. The fourth-order valence-electron chi connectivity index (χ4n) is 2.10. The molecule has 6 heteroatoms. The summed E-state index contributed by atoms with van der Waals surface area (Å²) in [5.74, 6) is 0.698. The molecule has 0 amide bonds. The van der Waals surface area contributed by atoms with Crippen LogP contribution in [0.15, 0.2) is 5.16 Å². The monoisotopic (exact) mass is 282 g/mol. The highest BCUT2D eigenvalue weighted by atomic mass is 35.5. The molecule has 4 nitrogen and oxygen atoms in total. The van der Waals surface area contributed by atoms with Crippen LogP contribution in [0.2, 0.25) is 5.15 Å². The lowest BCUT2D eigenvalue weighted by Crippen LogP contribution is -2.26. The second-order valence-electron chi connectivity index (χ2n) is 4.21. The summed E-state index contributed by atoms with van der Waals surface area (Å²) in [5.41, 5.74) is 0.399. The first-order valence-corrected chi connectivity index (χ1v) is 7.63. The molecule has 0 N–H and O–H groups in total. The van der Waals surface area contributed by atoms with Gasteiger partial charge in [0.25, 0.3) is 0 Å². The van der Waals surface area contributed by atoms with E-state index in [4.69, 9.17) is 11.6 Å². The Morgan fingerprint density at radius 2 is 1.89 bits per heavy atom. The molecule has 96 valence electrons. The van der Waals surface area contributed by atoms with E-state index in [1.54, 1.807) is 0 Å². The minimum atomic E-state index is 0.260. The van der Waals surface area contributed by atoms with Crippen LogP contribution >= 0.6 is 23.4 Å². The van der Waals surface area contributed by atoms with Crippen LogP contribution in [0.4, 0.5) is 5.82 Å². The number of hydrogen-bond acceptors (Lipinski definition) is 5. The summed E-state index contributed by atoms with van der Waals surface area (Å²) in [4.78, 5) is 10.7. The lowest BCUT2D eigenvalue weighted by Gasteiger charge is -2.22. The smallest absolute Gasteiger partial charge is 0.190 e. The predicted octanol–water partition coefficient (Wildman–Crippen LogP) is 3.10. The highest BCUT2D eigenvalue weighted by Gasteiger charge is 2.19. The van der Waals surface area contributed by atoms with Crippen molar-refractivity contribution in [3.8, 4) is 6.07 Å². The molecule has 1 fully saturated rings. The Morgan fingerprint density at radius 1 is 1.22 bits per heavy atom. The molecule has 0 unspecified atom stereocenters. The topological polar surface area (TPSA) is 52.8 Å². The Bertz CT molecular complexity index is 464. The van der Waals surface area contributed by atoms with Crippen LogP contribution in [-0.4, -0.2) is 29.3 Å². The molecule has 18 heavy (non-hydrogen) atoms. The number of hydrogen-bond donors (Lipinski definition) is 0. The predicted molar refractivity (Wildman–Crippen MR) is 74.2 cm³/mol. The number of anilines is 1. The zero-order valence-corrected chi connectivity index (χ0v) is 11.9. The molecule has 0 aliphatic carbocycles. The van der Waals surface area contributed by atoms with Crippen molar-refractivity contribution in [2.75, 3.05) is 24.2 Å². The maximum Gasteiger partial charge on any atom is 0.190 e. The van der Waals surface area contributed by atoms with Gasteiger partial charge in [-0.1, -0.05) is 36.2 Å². The fraction of sp³-hybridized carbons (Fsp3) is 0.583. The molecule has 1 aliphatic rings. The van der Waals surface area contributed by atoms with Crippen LogP contribution in [0.5, 0.6) is 0 Å². The van der Waals surface area contributed by atoms with Crippen molar-refractivity contribution in [2.45, 2.75) is 30.8 Å². The highest BCUT2D eigenvalue weighted by molar-refractivity contribution is 7.98. The van der Waals surface area contributed by atoms with Gasteiger partial charge in [0, 0.05) is 13.1 Å². The summed E-state index contributed by atoms with van der Waals surface area (Å²) in [6.07, 6.45) is 6.67. The van der Waals surface area contributed by atoms with E-state index >= 15 is 0 Å². The van der Waals surface area contributed by atoms with Gasteiger partial charge in [-0.2, -0.15) is 5.26 Å². The van der Waals surface area contributed by atoms with Gasteiger partial charge >= 0.3 is 0 Å². The van der Waals surface area contributed by atoms with Crippen LogP contribution in [0.3, 0.4) is 0 Å². The van der Waals surface area contributed by atoms with Crippen LogP contribution in [-0.2, 0) is 0 Å². The van der Waals surface area contributed by atoms with E-state index in [1.807, 2.05) is 6.26 Å². The molecule has 2 rings (SSSR count). The number of nitriles is 1. The van der Waals surface area contributed by atoms with Crippen molar-refractivity contribution in [3.63, 3.8) is 0 Å². The van der Waals surface area contributed by atoms with Gasteiger partial charge in [0.05, 0.1) is 0 Å². The van der Waals surface area contributed by atoms with Gasteiger partial charge in [-0.05, 0) is 19.1 Å². The van der Waals surface area contributed by atoms with Gasteiger partial charge in [-0.15, -0.1) is 0 Å². The summed E-state index contributed by atoms with van der Waals surface area (Å²) in [6, 6.07) is 2.13. The van der Waals surface area contributed by atoms with E-state index in [0.29, 0.717) is 16.5 Å². The molecular weight excluding hydrogens is 268 g/mol. The molecular formula is C12H15ClN4S. The Balaban J connectivity index is 2.40. The van der Waals surface area contributed by atoms with Crippen molar-refractivity contribution in [1.29, 1.82) is 5.26 Å². The third kappa shape index (κ3) is 2.88. The summed E-state index contributed by atoms with van der Waals surface area (Å²) in [6.45, 7) is 1.88. The van der Waals surface area contributed by atoms with Crippen molar-refractivity contribution in [3.05, 3.63) is 10.7 Å². The SMILES string of the molecule is CSc1nc(Cl)c(C#N)c(N2CCCCCC2)n1. The maximum atomic E-state index is 9.22. The second kappa shape index (κ2) is 6.26. The number of halogens is 1. The molecule has 1 aromatic heterocycles. The van der Waals surface area contributed by atoms with E-state index in [-0.39, 0.29) is 5.15 Å². The van der Waals surface area contributed by atoms with Crippen molar-refractivity contribution in [2.24, 2.45) is 0 Å². The largest absolute Gasteiger partial charge is 0.355 e. The Kier molecular flexibility index (Phi) is 4.67. The van der Waals surface area contributed by atoms with Crippen LogP contribution in [0.1, 0.15) is 31.2 Å². The van der Waals surface area contributed by atoms with Crippen LogP contribution in [0.25, 0.3) is 0 Å². The van der Waals surface area contributed by atoms with Gasteiger partial charge in [0.15, 0.2) is 16.1 Å². The minimum absolute atomic E-state index is 0.260. The number of thioether (sulfide) groups is 1. The van der Waals surface area contributed by atoms with E-state index in [2.05, 4.69) is 20.9 Å². The molecule has 2 heterocycles. The lowest BCUT2D eigenvalue weighted by molar-refractivity contribution is 0.726. The summed E-state index contributed by atoms with van der Waals surface area (Å²) in [7, 11) is 0. The average Bonchev–Trinajstić information content (AvgIpc) is 2.66. The van der Waals surface area contributed by atoms with Crippen LogP contribution < -0.4 is 4.90 Å². The van der Waals surface area contributed by atoms with Crippen molar-refractivity contribution in [1.82, 2.24) is 9.97 Å². The Morgan fingerprint density at radius 3 is 2.44 bits per heavy atom. The van der Waals surface area contributed by atoms with Crippen molar-refractivity contribution < 1.29 is 0 Å². The average molecular weight is 283 g/mol. The first-order chi connectivity index (χ1) is 8.76. The van der Waals surface area contributed by atoms with Gasteiger partial charge in [0.1, 0.15) is 11.6 Å². The third-order valence-electron chi connectivity index (χ3n) is 3.03. The maximum absolute atomic E-state index is 9.22. The molecule has 1 aliphatic heterocycles. The van der Waals surface area contributed by atoms with E-state index in [0.717, 1.165) is 25.9 Å². The highest BCUT2D eigenvalue weighted by Crippen LogP contribution is 2.28. The van der Waals surface area contributed by atoms with Gasteiger partial charge in [-0.3, -0.25) is 0 Å². The number of nitrogens with zero attached hydrogens (tertiary/aromatic N) is 4. The number of rotatable bonds is 2. The van der Waals surface area contributed by atoms with Crippen LogP contribution in [0, 0.1) is 11.3 Å². The Labute approximate surface area is 116 Å². The molecule has 0 aromatic carbocycles. The first-order valence-electron chi connectivity index (χ1n) is 6.03. The third-order valence-corrected chi connectivity index (χ3v) is 3.85. The molecule has 0 radical (unpaired) electrons. The second-order valence-corrected chi connectivity index (χ2v) is 5.34. The van der Waals surface area contributed by atoms with Gasteiger partial charge < -0.3 is 4.90 Å². The Hall–Kier alpha value is -0.990. The summed E-state index contributed by atoms with van der Waals surface area (Å²) < 4.78 is 0. The summed E-state index contributed by atoms with van der Waals surface area (Å²) in [5, 5.41) is 10.1. The normalized spacial score (nSPS) is 16.2. The van der Waals surface area contributed by atoms with Gasteiger partial charge in [-0.25, -0.2) is 9.97 Å². The number of aromatic nitrogens is 2.